The second-order valence-corrected chi connectivity index (χ2v) is 8.99. The van der Waals surface area contributed by atoms with Crippen LogP contribution in [0, 0.1) is 5.82 Å². The lowest BCUT2D eigenvalue weighted by Crippen LogP contribution is -2.51. The van der Waals surface area contributed by atoms with Gasteiger partial charge in [-0.2, -0.15) is 0 Å². The van der Waals surface area contributed by atoms with Crippen molar-refractivity contribution in [1.29, 1.82) is 0 Å². The molecule has 0 bridgehead atoms. The van der Waals surface area contributed by atoms with Crippen molar-refractivity contribution in [3.63, 3.8) is 0 Å². The smallest absolute Gasteiger partial charge is 0.258 e. The van der Waals surface area contributed by atoms with Crippen molar-refractivity contribution < 1.29 is 22.3 Å². The Morgan fingerprint density at radius 1 is 1.32 bits per heavy atom. The van der Waals surface area contributed by atoms with E-state index >= 15 is 0 Å². The van der Waals surface area contributed by atoms with Crippen LogP contribution in [0.3, 0.4) is 0 Å². The average molecular weight is 391 g/mol. The van der Waals surface area contributed by atoms with E-state index in [0.29, 0.717) is 0 Å². The minimum absolute atomic E-state index is 0.0533. The summed E-state index contributed by atoms with van der Waals surface area (Å²) in [6, 6.07) is 3.20. The Bertz CT molecular complexity index is 753. The number of carbonyl (C=O) groups excluding carboxylic acids is 1. The number of nitrogens with zero attached hydrogens (tertiary/aromatic N) is 1. The highest BCUT2D eigenvalue weighted by Gasteiger charge is 2.42. The molecule has 138 valence electrons. The van der Waals surface area contributed by atoms with E-state index < -0.39 is 27.6 Å². The lowest BCUT2D eigenvalue weighted by molar-refractivity contribution is -0.124. The van der Waals surface area contributed by atoms with Gasteiger partial charge >= 0.3 is 0 Å². The summed E-state index contributed by atoms with van der Waals surface area (Å²) in [7, 11) is -3.16. The van der Waals surface area contributed by atoms with Gasteiger partial charge in [0, 0.05) is 12.1 Å². The first kappa shape index (κ1) is 18.4. The van der Waals surface area contributed by atoms with Gasteiger partial charge in [0.05, 0.1) is 22.6 Å². The number of rotatable bonds is 5. The van der Waals surface area contributed by atoms with E-state index in [0.717, 1.165) is 32.0 Å². The van der Waals surface area contributed by atoms with Crippen LogP contribution in [0.4, 0.5) is 4.39 Å². The molecule has 0 aromatic heterocycles. The molecule has 1 aromatic rings. The molecule has 6 nitrogen and oxygen atoms in total. The van der Waals surface area contributed by atoms with Gasteiger partial charge in [-0.05, 0) is 38.1 Å². The highest BCUT2D eigenvalue weighted by atomic mass is 35.5. The number of likely N-dealkylation sites (tertiary alicyclic amines) is 1. The fourth-order valence-electron chi connectivity index (χ4n) is 3.36. The molecule has 25 heavy (non-hydrogen) atoms. The van der Waals surface area contributed by atoms with Crippen LogP contribution in [-0.2, 0) is 14.6 Å². The zero-order valence-electron chi connectivity index (χ0n) is 13.6. The number of hydrogen-bond acceptors (Lipinski definition) is 5. The summed E-state index contributed by atoms with van der Waals surface area (Å²) in [5.74, 6) is -0.680. The van der Waals surface area contributed by atoms with Gasteiger partial charge in [0.25, 0.3) is 5.91 Å². The van der Waals surface area contributed by atoms with Crippen molar-refractivity contribution >= 4 is 27.3 Å². The number of hydrogen-bond donors (Lipinski definition) is 1. The predicted octanol–water partition coefficient (Wildman–Crippen LogP) is 1.24. The lowest BCUT2D eigenvalue weighted by Gasteiger charge is -2.28. The molecule has 2 aliphatic heterocycles. The van der Waals surface area contributed by atoms with Crippen molar-refractivity contribution in [3.8, 4) is 5.75 Å². The highest BCUT2D eigenvalue weighted by Crippen LogP contribution is 2.23. The van der Waals surface area contributed by atoms with E-state index in [-0.39, 0.29) is 34.9 Å². The van der Waals surface area contributed by atoms with Crippen LogP contribution in [0.15, 0.2) is 18.2 Å². The third-order valence-corrected chi connectivity index (χ3v) is 6.55. The second-order valence-electron chi connectivity index (χ2n) is 6.43. The number of amides is 1. The number of halogens is 2. The molecule has 2 unspecified atom stereocenters. The number of sulfone groups is 1. The van der Waals surface area contributed by atoms with Crippen molar-refractivity contribution in [3.05, 3.63) is 29.0 Å². The molecule has 9 heteroatoms. The van der Waals surface area contributed by atoms with E-state index in [2.05, 4.69) is 10.2 Å². The minimum atomic E-state index is -3.16. The fraction of sp³-hybridized carbons (Fsp3) is 0.562. The molecule has 0 radical (unpaired) electrons. The summed E-state index contributed by atoms with van der Waals surface area (Å²) in [4.78, 5) is 14.3. The molecular weight excluding hydrogens is 371 g/mol. The predicted molar refractivity (Wildman–Crippen MR) is 92.1 cm³/mol. The van der Waals surface area contributed by atoms with E-state index in [4.69, 9.17) is 16.3 Å². The number of ether oxygens (including phenoxy) is 1. The summed E-state index contributed by atoms with van der Waals surface area (Å²) in [5, 5.41) is 2.68. The summed E-state index contributed by atoms with van der Waals surface area (Å²) < 4.78 is 42.4. The molecule has 0 aliphatic carbocycles. The molecule has 0 saturated carbocycles. The van der Waals surface area contributed by atoms with Crippen molar-refractivity contribution in [2.75, 3.05) is 31.2 Å². The molecule has 2 aliphatic rings. The standard InChI is InChI=1S/C16H20ClFN2O4S/c17-12-7-11(3-4-13(12)18)24-8-16(21)19-14-9-25(22,23)10-15(14)20-5-1-2-6-20/h3-4,7,14-15H,1-2,5-6,8-10H2,(H,19,21). The van der Waals surface area contributed by atoms with Crippen LogP contribution in [0.2, 0.25) is 5.02 Å². The van der Waals surface area contributed by atoms with E-state index in [1.807, 2.05) is 0 Å². The second kappa shape index (κ2) is 7.47. The fourth-order valence-corrected chi connectivity index (χ4v) is 5.49. The van der Waals surface area contributed by atoms with Gasteiger partial charge in [-0.25, -0.2) is 12.8 Å². The maximum Gasteiger partial charge on any atom is 0.258 e. The maximum absolute atomic E-state index is 13.1. The normalized spacial score (nSPS) is 25.8. The summed E-state index contributed by atoms with van der Waals surface area (Å²) in [6.45, 7) is 1.43. The maximum atomic E-state index is 13.1. The number of benzene rings is 1. The Labute approximate surface area is 151 Å². The Morgan fingerprint density at radius 3 is 2.72 bits per heavy atom. The van der Waals surface area contributed by atoms with E-state index in [1.165, 1.54) is 12.1 Å². The Morgan fingerprint density at radius 2 is 2.04 bits per heavy atom. The highest BCUT2D eigenvalue weighted by molar-refractivity contribution is 7.91. The molecule has 2 atom stereocenters. The van der Waals surface area contributed by atoms with Gasteiger partial charge in [-0.1, -0.05) is 11.6 Å². The summed E-state index contributed by atoms with van der Waals surface area (Å²) >= 11 is 5.66. The van der Waals surface area contributed by atoms with Gasteiger partial charge in [0.15, 0.2) is 16.4 Å². The van der Waals surface area contributed by atoms with Crippen LogP contribution >= 0.6 is 11.6 Å². The van der Waals surface area contributed by atoms with E-state index in [9.17, 15) is 17.6 Å². The average Bonchev–Trinajstić information content (AvgIpc) is 3.16. The van der Waals surface area contributed by atoms with Gasteiger partial charge in [0.1, 0.15) is 11.6 Å². The number of nitrogens with one attached hydrogen (secondary N) is 1. The molecule has 2 fully saturated rings. The van der Waals surface area contributed by atoms with Crippen molar-refractivity contribution in [1.82, 2.24) is 10.2 Å². The van der Waals surface area contributed by atoms with Crippen LogP contribution < -0.4 is 10.1 Å². The first-order valence-corrected chi connectivity index (χ1v) is 10.4. The van der Waals surface area contributed by atoms with Crippen molar-refractivity contribution in [2.45, 2.75) is 24.9 Å². The zero-order chi connectivity index (χ0) is 18.0. The van der Waals surface area contributed by atoms with Gasteiger partial charge in [-0.15, -0.1) is 0 Å². The van der Waals surface area contributed by atoms with Gasteiger partial charge in [0.2, 0.25) is 0 Å². The molecule has 2 saturated heterocycles. The quantitative estimate of drug-likeness (QED) is 0.818. The summed E-state index contributed by atoms with van der Waals surface area (Å²) in [6.07, 6.45) is 2.09. The molecule has 0 spiro atoms. The Hall–Kier alpha value is -1.38. The SMILES string of the molecule is O=C(COc1ccc(F)c(Cl)c1)NC1CS(=O)(=O)CC1N1CCCC1. The topological polar surface area (TPSA) is 75.7 Å². The van der Waals surface area contributed by atoms with Crippen LogP contribution in [0.5, 0.6) is 5.75 Å². The molecule has 1 N–H and O–H groups in total. The van der Waals surface area contributed by atoms with Crippen LogP contribution in [-0.4, -0.2) is 62.5 Å². The largest absolute Gasteiger partial charge is 0.484 e. The minimum Gasteiger partial charge on any atom is -0.484 e. The summed E-state index contributed by atoms with van der Waals surface area (Å²) in [5.41, 5.74) is 0. The Balaban J connectivity index is 1.57. The van der Waals surface area contributed by atoms with E-state index in [1.54, 1.807) is 0 Å². The van der Waals surface area contributed by atoms with Gasteiger partial charge < -0.3 is 10.1 Å². The first-order valence-electron chi connectivity index (χ1n) is 8.16. The molecule has 1 amide bonds. The molecule has 3 rings (SSSR count). The molecule has 1 aromatic carbocycles. The monoisotopic (exact) mass is 390 g/mol. The van der Waals surface area contributed by atoms with Gasteiger partial charge in [-0.3, -0.25) is 9.69 Å². The van der Waals surface area contributed by atoms with Crippen molar-refractivity contribution in [2.24, 2.45) is 0 Å². The lowest BCUT2D eigenvalue weighted by atomic mass is 10.1. The Kier molecular flexibility index (Phi) is 5.50. The molecule has 2 heterocycles. The number of carbonyl (C=O) groups is 1. The zero-order valence-corrected chi connectivity index (χ0v) is 15.2. The van der Waals surface area contributed by atoms with Crippen LogP contribution in [0.25, 0.3) is 0 Å². The first-order chi connectivity index (χ1) is 11.8. The molecular formula is C16H20ClFN2O4S. The van der Waals surface area contributed by atoms with Crippen LogP contribution in [0.1, 0.15) is 12.8 Å². The third-order valence-electron chi connectivity index (χ3n) is 4.54. The third kappa shape index (κ3) is 4.62.